The van der Waals surface area contributed by atoms with Crippen LogP contribution in [-0.2, 0) is 10.0 Å². The fourth-order valence-electron chi connectivity index (χ4n) is 2.37. The molecule has 0 aliphatic heterocycles. The second kappa shape index (κ2) is 5.77. The van der Waals surface area contributed by atoms with Crippen LogP contribution >= 0.6 is 12.2 Å². The molecule has 1 fully saturated rings. The highest BCUT2D eigenvalue weighted by molar-refractivity contribution is 7.89. The van der Waals surface area contributed by atoms with E-state index >= 15 is 0 Å². The summed E-state index contributed by atoms with van der Waals surface area (Å²) >= 11 is 4.90. The molecule has 7 heteroatoms. The highest BCUT2D eigenvalue weighted by Gasteiger charge is 2.32. The number of hydrogen-bond acceptors (Lipinski definition) is 4. The molecule has 1 aromatic rings. The van der Waals surface area contributed by atoms with Crippen molar-refractivity contribution in [2.45, 2.75) is 23.8 Å². The average Bonchev–Trinajstić information content (AvgIpc) is 2.36. The van der Waals surface area contributed by atoms with E-state index in [1.54, 1.807) is 18.2 Å². The van der Waals surface area contributed by atoms with E-state index in [0.717, 1.165) is 0 Å². The van der Waals surface area contributed by atoms with E-state index in [0.29, 0.717) is 24.9 Å². The van der Waals surface area contributed by atoms with Gasteiger partial charge in [-0.2, -0.15) is 0 Å². The molecule has 2 rings (SSSR count). The topological polar surface area (TPSA) is 83.6 Å². The molecule has 0 heterocycles. The van der Waals surface area contributed by atoms with Crippen molar-refractivity contribution in [1.29, 1.82) is 0 Å². The van der Waals surface area contributed by atoms with Crippen molar-refractivity contribution in [3.63, 3.8) is 0 Å². The number of hydrogen-bond donors (Lipinski definition) is 2. The smallest absolute Gasteiger partial charge is 0.243 e. The van der Waals surface area contributed by atoms with Gasteiger partial charge in [0.2, 0.25) is 10.0 Å². The normalized spacial score (nSPS) is 22.6. The van der Waals surface area contributed by atoms with Gasteiger partial charge in [0.1, 0.15) is 4.99 Å². The number of aliphatic hydroxyl groups is 1. The predicted octanol–water partition coefficient (Wildman–Crippen LogP) is 0.712. The van der Waals surface area contributed by atoms with Gasteiger partial charge in [0.15, 0.2) is 0 Å². The summed E-state index contributed by atoms with van der Waals surface area (Å²) in [5.41, 5.74) is 5.95. The lowest BCUT2D eigenvalue weighted by Crippen LogP contribution is -2.39. The molecule has 0 unspecified atom stereocenters. The first-order valence-corrected chi connectivity index (χ1v) is 8.20. The Kier molecular flexibility index (Phi) is 4.43. The number of nitrogens with two attached hydrogens (primary N) is 1. The van der Waals surface area contributed by atoms with Crippen LogP contribution < -0.4 is 5.73 Å². The minimum Gasteiger partial charge on any atom is -0.393 e. The van der Waals surface area contributed by atoms with Crippen molar-refractivity contribution < 1.29 is 13.5 Å². The number of thiocarbonyl (C=S) groups is 1. The molecular formula is C13H18N2O3S2. The van der Waals surface area contributed by atoms with Crippen LogP contribution in [0.15, 0.2) is 29.2 Å². The fraction of sp³-hybridized carbons (Fsp3) is 0.462. The minimum absolute atomic E-state index is 0.0663. The van der Waals surface area contributed by atoms with Crippen LogP contribution in [0.25, 0.3) is 0 Å². The molecule has 1 saturated carbocycles. The van der Waals surface area contributed by atoms with Gasteiger partial charge in [0, 0.05) is 19.2 Å². The van der Waals surface area contributed by atoms with Gasteiger partial charge in [-0.1, -0.05) is 30.4 Å². The maximum absolute atomic E-state index is 12.6. The Morgan fingerprint density at radius 1 is 1.45 bits per heavy atom. The number of rotatable bonds is 5. The third-order valence-corrected chi connectivity index (χ3v) is 5.67. The minimum atomic E-state index is -3.62. The first-order chi connectivity index (χ1) is 9.32. The highest BCUT2D eigenvalue weighted by atomic mass is 32.2. The van der Waals surface area contributed by atoms with Crippen molar-refractivity contribution in [3.05, 3.63) is 29.8 Å². The van der Waals surface area contributed by atoms with Crippen LogP contribution in [-0.4, -0.2) is 42.5 Å². The molecule has 0 spiro atoms. The van der Waals surface area contributed by atoms with Gasteiger partial charge in [0.05, 0.1) is 11.0 Å². The van der Waals surface area contributed by atoms with Crippen molar-refractivity contribution in [2.75, 3.05) is 13.6 Å². The Labute approximate surface area is 124 Å². The zero-order chi connectivity index (χ0) is 14.9. The zero-order valence-corrected chi connectivity index (χ0v) is 12.8. The zero-order valence-electron chi connectivity index (χ0n) is 11.2. The lowest BCUT2D eigenvalue weighted by Gasteiger charge is -2.34. The van der Waals surface area contributed by atoms with Crippen molar-refractivity contribution in [3.8, 4) is 0 Å². The van der Waals surface area contributed by atoms with E-state index in [4.69, 9.17) is 18.0 Å². The van der Waals surface area contributed by atoms with Crippen LogP contribution in [0.2, 0.25) is 0 Å². The number of nitrogens with zero attached hydrogens (tertiary/aromatic N) is 1. The molecule has 5 nitrogen and oxygen atoms in total. The predicted molar refractivity (Wildman–Crippen MR) is 80.9 cm³/mol. The van der Waals surface area contributed by atoms with E-state index in [1.807, 2.05) is 0 Å². The molecule has 0 atom stereocenters. The quantitative estimate of drug-likeness (QED) is 0.782. The molecule has 1 aliphatic rings. The molecule has 20 heavy (non-hydrogen) atoms. The van der Waals surface area contributed by atoms with Gasteiger partial charge in [-0.3, -0.25) is 0 Å². The van der Waals surface area contributed by atoms with Crippen molar-refractivity contribution >= 4 is 27.2 Å². The Morgan fingerprint density at radius 2 is 2.05 bits per heavy atom. The third kappa shape index (κ3) is 3.01. The second-order valence-electron chi connectivity index (χ2n) is 5.14. The van der Waals surface area contributed by atoms with E-state index in [9.17, 15) is 13.5 Å². The monoisotopic (exact) mass is 314 g/mol. The summed E-state index contributed by atoms with van der Waals surface area (Å²) in [5, 5.41) is 9.27. The molecule has 1 aliphatic carbocycles. The summed E-state index contributed by atoms with van der Waals surface area (Å²) in [5.74, 6) is 0.210. The van der Waals surface area contributed by atoms with Crippen LogP contribution in [0, 0.1) is 5.92 Å². The van der Waals surface area contributed by atoms with E-state index in [-0.39, 0.29) is 21.9 Å². The summed E-state index contributed by atoms with van der Waals surface area (Å²) in [7, 11) is -2.08. The number of sulfonamides is 1. The molecule has 1 aromatic carbocycles. The largest absolute Gasteiger partial charge is 0.393 e. The summed E-state index contributed by atoms with van der Waals surface area (Å²) < 4.78 is 26.4. The van der Waals surface area contributed by atoms with Gasteiger partial charge in [-0.05, 0) is 24.8 Å². The lowest BCUT2D eigenvalue weighted by molar-refractivity contribution is 0.0367. The Hall–Kier alpha value is -1.02. The Morgan fingerprint density at radius 3 is 2.60 bits per heavy atom. The molecule has 0 amide bonds. The van der Waals surface area contributed by atoms with Gasteiger partial charge >= 0.3 is 0 Å². The van der Waals surface area contributed by atoms with Crippen LogP contribution in [0.4, 0.5) is 0 Å². The molecule has 110 valence electrons. The maximum atomic E-state index is 12.6. The standard InChI is InChI=1S/C13H18N2O3S2/c1-15(8-9-6-10(16)7-9)20(17,18)12-5-3-2-4-11(12)13(14)19/h2-5,9-10,16H,6-8H2,1H3,(H2,14,19). The van der Waals surface area contributed by atoms with Gasteiger partial charge in [-0.15, -0.1) is 0 Å². The van der Waals surface area contributed by atoms with Crippen molar-refractivity contribution in [1.82, 2.24) is 4.31 Å². The summed E-state index contributed by atoms with van der Waals surface area (Å²) in [6.45, 7) is 0.394. The summed E-state index contributed by atoms with van der Waals surface area (Å²) in [6, 6.07) is 6.47. The lowest BCUT2D eigenvalue weighted by atomic mass is 9.82. The van der Waals surface area contributed by atoms with Crippen LogP contribution in [0.3, 0.4) is 0 Å². The first kappa shape index (κ1) is 15.4. The SMILES string of the molecule is CN(CC1CC(O)C1)S(=O)(=O)c1ccccc1C(N)=S. The van der Waals surface area contributed by atoms with Gasteiger partial charge in [-0.25, -0.2) is 12.7 Å². The first-order valence-electron chi connectivity index (χ1n) is 6.35. The van der Waals surface area contributed by atoms with Crippen molar-refractivity contribution in [2.24, 2.45) is 11.7 Å². The fourth-order valence-corrected chi connectivity index (χ4v) is 4.07. The van der Waals surface area contributed by atoms with Crippen LogP contribution in [0.1, 0.15) is 18.4 Å². The van der Waals surface area contributed by atoms with Gasteiger partial charge in [0.25, 0.3) is 0 Å². The highest BCUT2D eigenvalue weighted by Crippen LogP contribution is 2.29. The van der Waals surface area contributed by atoms with E-state index in [1.165, 1.54) is 17.4 Å². The number of aliphatic hydroxyl groups excluding tert-OH is 1. The second-order valence-corrected chi connectivity index (χ2v) is 7.59. The summed E-state index contributed by atoms with van der Waals surface area (Å²) in [6.07, 6.45) is 1.01. The molecule has 0 bridgehead atoms. The van der Waals surface area contributed by atoms with E-state index in [2.05, 4.69) is 0 Å². The third-order valence-electron chi connectivity index (χ3n) is 3.57. The average molecular weight is 314 g/mol. The summed E-state index contributed by atoms with van der Waals surface area (Å²) in [4.78, 5) is 0.200. The maximum Gasteiger partial charge on any atom is 0.243 e. The molecule has 0 aromatic heterocycles. The number of benzene rings is 1. The Balaban J connectivity index is 2.23. The van der Waals surface area contributed by atoms with Gasteiger partial charge < -0.3 is 10.8 Å². The molecule has 3 N–H and O–H groups in total. The van der Waals surface area contributed by atoms with Crippen LogP contribution in [0.5, 0.6) is 0 Å². The molecule has 0 saturated heterocycles. The Bertz CT molecular complexity index is 610. The molecule has 0 radical (unpaired) electrons. The molecular weight excluding hydrogens is 296 g/mol. The van der Waals surface area contributed by atoms with E-state index < -0.39 is 10.0 Å².